The van der Waals surface area contributed by atoms with E-state index in [1.807, 2.05) is 13.8 Å². The minimum absolute atomic E-state index is 0.0148. The van der Waals surface area contributed by atoms with E-state index in [4.69, 9.17) is 10.5 Å². The summed E-state index contributed by atoms with van der Waals surface area (Å²) >= 11 is 0. The summed E-state index contributed by atoms with van der Waals surface area (Å²) in [5, 5.41) is 2.79. The molecular formula is C12H18N2O2. The lowest BCUT2D eigenvalue weighted by molar-refractivity contribution is 0.0941. The van der Waals surface area contributed by atoms with Gasteiger partial charge in [0.05, 0.1) is 6.61 Å². The Kier molecular flexibility index (Phi) is 4.79. The summed E-state index contributed by atoms with van der Waals surface area (Å²) in [5.41, 5.74) is 6.04. The van der Waals surface area contributed by atoms with Gasteiger partial charge in [0, 0.05) is 18.2 Å². The molecule has 0 aliphatic carbocycles. The number of carbonyl (C=O) groups excluding carboxylic acids is 1. The third kappa shape index (κ3) is 3.55. The van der Waals surface area contributed by atoms with Crippen LogP contribution in [-0.2, 0) is 0 Å². The van der Waals surface area contributed by atoms with Gasteiger partial charge in [-0.3, -0.25) is 4.79 Å². The fourth-order valence-corrected chi connectivity index (χ4v) is 1.24. The maximum Gasteiger partial charge on any atom is 0.251 e. The summed E-state index contributed by atoms with van der Waals surface area (Å²) in [7, 11) is 0. The fraction of sp³-hybridized carbons (Fsp3) is 0.417. The fourth-order valence-electron chi connectivity index (χ4n) is 1.24. The lowest BCUT2D eigenvalue weighted by Crippen LogP contribution is -2.37. The highest BCUT2D eigenvalue weighted by molar-refractivity contribution is 5.94. The molecule has 0 aliphatic heterocycles. The Morgan fingerprint density at radius 2 is 2.06 bits per heavy atom. The monoisotopic (exact) mass is 222 g/mol. The molecule has 0 saturated carbocycles. The van der Waals surface area contributed by atoms with Crippen LogP contribution in [0.25, 0.3) is 0 Å². The van der Waals surface area contributed by atoms with Crippen molar-refractivity contribution in [2.45, 2.75) is 19.9 Å². The molecule has 0 radical (unpaired) electrons. The van der Waals surface area contributed by atoms with Crippen molar-refractivity contribution in [2.75, 3.05) is 13.2 Å². The second kappa shape index (κ2) is 6.12. The molecule has 0 saturated heterocycles. The van der Waals surface area contributed by atoms with Gasteiger partial charge in [-0.15, -0.1) is 0 Å². The van der Waals surface area contributed by atoms with Crippen LogP contribution < -0.4 is 15.8 Å². The van der Waals surface area contributed by atoms with E-state index in [0.29, 0.717) is 18.7 Å². The Bertz CT molecular complexity index is 335. The Hall–Kier alpha value is -1.55. The van der Waals surface area contributed by atoms with E-state index in [-0.39, 0.29) is 11.9 Å². The summed E-state index contributed by atoms with van der Waals surface area (Å²) in [6.07, 6.45) is 0. The van der Waals surface area contributed by atoms with Crippen molar-refractivity contribution in [3.05, 3.63) is 29.8 Å². The minimum atomic E-state index is -0.110. The number of carbonyl (C=O) groups is 1. The molecular weight excluding hydrogens is 204 g/mol. The molecule has 1 aromatic rings. The number of nitrogens with one attached hydrogen (secondary N) is 1. The molecule has 3 N–H and O–H groups in total. The molecule has 4 nitrogen and oxygen atoms in total. The van der Waals surface area contributed by atoms with Gasteiger partial charge in [0.2, 0.25) is 0 Å². The SMILES string of the molecule is CCOc1ccc(C(=O)NC(C)CN)cc1. The van der Waals surface area contributed by atoms with Crippen molar-refractivity contribution >= 4 is 5.91 Å². The molecule has 0 heterocycles. The summed E-state index contributed by atoms with van der Waals surface area (Å²) in [4.78, 5) is 11.7. The van der Waals surface area contributed by atoms with E-state index in [0.717, 1.165) is 5.75 Å². The number of hydrogen-bond acceptors (Lipinski definition) is 3. The maximum absolute atomic E-state index is 11.7. The predicted octanol–water partition coefficient (Wildman–Crippen LogP) is 1.16. The molecule has 1 atom stereocenters. The van der Waals surface area contributed by atoms with Crippen LogP contribution in [0, 0.1) is 0 Å². The summed E-state index contributed by atoms with van der Waals surface area (Å²) in [6, 6.07) is 7.03. The summed E-state index contributed by atoms with van der Waals surface area (Å²) < 4.78 is 5.29. The van der Waals surface area contributed by atoms with Crippen LogP contribution in [-0.4, -0.2) is 25.1 Å². The van der Waals surface area contributed by atoms with E-state index >= 15 is 0 Å². The number of ether oxygens (including phenoxy) is 1. The van der Waals surface area contributed by atoms with Gasteiger partial charge in [-0.05, 0) is 38.1 Å². The molecule has 88 valence electrons. The maximum atomic E-state index is 11.7. The van der Waals surface area contributed by atoms with Crippen molar-refractivity contribution in [1.82, 2.24) is 5.32 Å². The van der Waals surface area contributed by atoms with Gasteiger partial charge in [0.25, 0.3) is 5.91 Å². The molecule has 0 spiro atoms. The number of nitrogens with two attached hydrogens (primary N) is 1. The Morgan fingerprint density at radius 3 is 2.56 bits per heavy atom. The molecule has 16 heavy (non-hydrogen) atoms. The minimum Gasteiger partial charge on any atom is -0.494 e. The normalized spacial score (nSPS) is 11.9. The smallest absolute Gasteiger partial charge is 0.251 e. The van der Waals surface area contributed by atoms with Crippen LogP contribution in [0.15, 0.2) is 24.3 Å². The first kappa shape index (κ1) is 12.5. The number of hydrogen-bond donors (Lipinski definition) is 2. The molecule has 1 aromatic carbocycles. The van der Waals surface area contributed by atoms with Crippen molar-refractivity contribution < 1.29 is 9.53 Å². The van der Waals surface area contributed by atoms with Crippen LogP contribution >= 0.6 is 0 Å². The average Bonchev–Trinajstić information content (AvgIpc) is 2.30. The third-order valence-corrected chi connectivity index (χ3v) is 2.16. The topological polar surface area (TPSA) is 64.3 Å². The molecule has 0 aromatic heterocycles. The first-order valence-corrected chi connectivity index (χ1v) is 5.41. The summed E-state index contributed by atoms with van der Waals surface area (Å²) in [6.45, 7) is 4.84. The zero-order valence-corrected chi connectivity index (χ0v) is 9.69. The van der Waals surface area contributed by atoms with E-state index in [1.54, 1.807) is 24.3 Å². The van der Waals surface area contributed by atoms with Crippen molar-refractivity contribution in [1.29, 1.82) is 0 Å². The van der Waals surface area contributed by atoms with Gasteiger partial charge in [-0.2, -0.15) is 0 Å². The van der Waals surface area contributed by atoms with E-state index in [2.05, 4.69) is 5.32 Å². The van der Waals surface area contributed by atoms with Crippen molar-refractivity contribution in [2.24, 2.45) is 5.73 Å². The number of benzene rings is 1. The molecule has 1 rings (SSSR count). The molecule has 0 bridgehead atoms. The van der Waals surface area contributed by atoms with Crippen LogP contribution in [0.3, 0.4) is 0 Å². The summed E-state index contributed by atoms with van der Waals surface area (Å²) in [5.74, 6) is 0.659. The number of rotatable bonds is 5. The molecule has 0 fully saturated rings. The lowest BCUT2D eigenvalue weighted by atomic mass is 10.2. The molecule has 1 amide bonds. The quantitative estimate of drug-likeness (QED) is 0.785. The highest BCUT2D eigenvalue weighted by Crippen LogP contribution is 2.11. The second-order valence-electron chi connectivity index (χ2n) is 3.57. The molecule has 0 aliphatic rings. The first-order chi connectivity index (χ1) is 7.67. The molecule has 1 unspecified atom stereocenters. The predicted molar refractivity (Wildman–Crippen MR) is 63.6 cm³/mol. The van der Waals surface area contributed by atoms with Gasteiger partial charge < -0.3 is 15.8 Å². The van der Waals surface area contributed by atoms with E-state index in [1.165, 1.54) is 0 Å². The Balaban J connectivity index is 2.63. The zero-order chi connectivity index (χ0) is 12.0. The van der Waals surface area contributed by atoms with Crippen molar-refractivity contribution in [3.8, 4) is 5.75 Å². The van der Waals surface area contributed by atoms with E-state index < -0.39 is 0 Å². The van der Waals surface area contributed by atoms with Crippen molar-refractivity contribution in [3.63, 3.8) is 0 Å². The van der Waals surface area contributed by atoms with Crippen LogP contribution in [0.1, 0.15) is 24.2 Å². The second-order valence-corrected chi connectivity index (χ2v) is 3.57. The highest BCUT2D eigenvalue weighted by Gasteiger charge is 2.08. The largest absolute Gasteiger partial charge is 0.494 e. The van der Waals surface area contributed by atoms with Gasteiger partial charge >= 0.3 is 0 Å². The standard InChI is InChI=1S/C12H18N2O2/c1-3-16-11-6-4-10(5-7-11)12(15)14-9(2)8-13/h4-7,9H,3,8,13H2,1-2H3,(H,14,15). The van der Waals surface area contributed by atoms with Crippen LogP contribution in [0.2, 0.25) is 0 Å². The third-order valence-electron chi connectivity index (χ3n) is 2.16. The Morgan fingerprint density at radius 1 is 1.44 bits per heavy atom. The van der Waals surface area contributed by atoms with Crippen LogP contribution in [0.5, 0.6) is 5.75 Å². The average molecular weight is 222 g/mol. The van der Waals surface area contributed by atoms with Gasteiger partial charge in [-0.1, -0.05) is 0 Å². The molecule has 4 heteroatoms. The van der Waals surface area contributed by atoms with Gasteiger partial charge in [0.1, 0.15) is 5.75 Å². The van der Waals surface area contributed by atoms with Gasteiger partial charge in [-0.25, -0.2) is 0 Å². The zero-order valence-electron chi connectivity index (χ0n) is 9.69. The van der Waals surface area contributed by atoms with Crippen LogP contribution in [0.4, 0.5) is 0 Å². The highest BCUT2D eigenvalue weighted by atomic mass is 16.5. The van der Waals surface area contributed by atoms with E-state index in [9.17, 15) is 4.79 Å². The Labute approximate surface area is 95.8 Å². The van der Waals surface area contributed by atoms with Gasteiger partial charge in [0.15, 0.2) is 0 Å². The number of amides is 1. The lowest BCUT2D eigenvalue weighted by Gasteiger charge is -2.11. The first-order valence-electron chi connectivity index (χ1n) is 5.41.